The molecule has 0 saturated carbocycles. The molecule has 6 heteroatoms. The van der Waals surface area contributed by atoms with Gasteiger partial charge in [0.25, 0.3) is 5.91 Å². The fourth-order valence-corrected chi connectivity index (χ4v) is 3.87. The van der Waals surface area contributed by atoms with Crippen LogP contribution < -0.4 is 0 Å². The first-order valence-electron chi connectivity index (χ1n) is 9.08. The Morgan fingerprint density at radius 1 is 1.22 bits per heavy atom. The third-order valence-corrected chi connectivity index (χ3v) is 5.18. The summed E-state index contributed by atoms with van der Waals surface area (Å²) >= 11 is 0. The molecule has 1 aliphatic heterocycles. The predicted molar refractivity (Wildman–Crippen MR) is 101 cm³/mol. The summed E-state index contributed by atoms with van der Waals surface area (Å²) in [5.41, 5.74) is 3.45. The highest BCUT2D eigenvalue weighted by Gasteiger charge is 2.29. The van der Waals surface area contributed by atoms with Crippen molar-refractivity contribution in [3.63, 3.8) is 0 Å². The Morgan fingerprint density at radius 3 is 2.89 bits per heavy atom. The first kappa shape index (κ1) is 17.3. The van der Waals surface area contributed by atoms with Gasteiger partial charge in [0.15, 0.2) is 0 Å². The largest absolute Gasteiger partial charge is 0.478 e. The van der Waals surface area contributed by atoms with Gasteiger partial charge in [0, 0.05) is 19.3 Å². The number of aromatic nitrogens is 2. The summed E-state index contributed by atoms with van der Waals surface area (Å²) in [6, 6.07) is 12.8. The van der Waals surface area contributed by atoms with Crippen LogP contribution in [0.25, 0.3) is 5.65 Å². The molecular weight excluding hydrogens is 342 g/mol. The number of benzene rings is 1. The quantitative estimate of drug-likeness (QED) is 0.773. The summed E-state index contributed by atoms with van der Waals surface area (Å²) in [5, 5.41) is 9.14. The maximum Gasteiger partial charge on any atom is 0.335 e. The molecule has 1 N–H and O–H groups in total. The monoisotopic (exact) mass is 363 g/mol. The Bertz CT molecular complexity index is 1020. The summed E-state index contributed by atoms with van der Waals surface area (Å²) in [6.07, 6.45) is 3.56. The number of carboxylic acids is 1. The molecule has 3 aromatic rings. The summed E-state index contributed by atoms with van der Waals surface area (Å²) in [5.74, 6) is -0.575. The SMILES string of the molecule is Cc1nc2ccccn2c1C(=O)N1CCC(Cc2cccc(C(=O)O)c2)C1. The molecule has 4 rings (SSSR count). The summed E-state index contributed by atoms with van der Waals surface area (Å²) < 4.78 is 1.85. The van der Waals surface area contributed by atoms with Crippen LogP contribution in [0.4, 0.5) is 0 Å². The van der Waals surface area contributed by atoms with E-state index in [9.17, 15) is 9.59 Å². The van der Waals surface area contributed by atoms with Gasteiger partial charge in [-0.3, -0.25) is 9.20 Å². The molecular formula is C21H21N3O3. The smallest absolute Gasteiger partial charge is 0.335 e. The minimum Gasteiger partial charge on any atom is -0.478 e. The van der Waals surface area contributed by atoms with Gasteiger partial charge >= 0.3 is 5.97 Å². The Balaban J connectivity index is 1.49. The molecule has 1 aromatic carbocycles. The third-order valence-electron chi connectivity index (χ3n) is 5.18. The normalized spacial score (nSPS) is 16.8. The molecule has 1 saturated heterocycles. The Morgan fingerprint density at radius 2 is 2.07 bits per heavy atom. The van der Waals surface area contributed by atoms with Crippen molar-refractivity contribution in [2.24, 2.45) is 5.92 Å². The zero-order valence-corrected chi connectivity index (χ0v) is 15.1. The molecule has 6 nitrogen and oxygen atoms in total. The number of likely N-dealkylation sites (tertiary alicyclic amines) is 1. The van der Waals surface area contributed by atoms with Crippen molar-refractivity contribution in [2.45, 2.75) is 19.8 Å². The molecule has 0 spiro atoms. The van der Waals surface area contributed by atoms with Gasteiger partial charge in [0.2, 0.25) is 0 Å². The lowest BCUT2D eigenvalue weighted by Crippen LogP contribution is -2.30. The molecule has 1 amide bonds. The molecule has 138 valence electrons. The second-order valence-corrected chi connectivity index (χ2v) is 7.09. The van der Waals surface area contributed by atoms with E-state index in [0.717, 1.165) is 29.7 Å². The van der Waals surface area contributed by atoms with Crippen LogP contribution in [-0.2, 0) is 6.42 Å². The van der Waals surface area contributed by atoms with Gasteiger partial charge in [0.05, 0.1) is 11.3 Å². The average molecular weight is 363 g/mol. The number of amides is 1. The second kappa shape index (κ2) is 6.87. The van der Waals surface area contributed by atoms with E-state index < -0.39 is 5.97 Å². The van der Waals surface area contributed by atoms with Crippen molar-refractivity contribution in [2.75, 3.05) is 13.1 Å². The lowest BCUT2D eigenvalue weighted by Gasteiger charge is -2.17. The second-order valence-electron chi connectivity index (χ2n) is 7.09. The fourth-order valence-electron chi connectivity index (χ4n) is 3.87. The fraction of sp³-hybridized carbons (Fsp3) is 0.286. The summed E-state index contributed by atoms with van der Waals surface area (Å²) in [6.45, 7) is 3.25. The van der Waals surface area contributed by atoms with Crippen molar-refractivity contribution in [1.29, 1.82) is 0 Å². The number of imidazole rings is 1. The molecule has 3 heterocycles. The van der Waals surface area contributed by atoms with E-state index in [4.69, 9.17) is 5.11 Å². The van der Waals surface area contributed by atoms with E-state index in [1.807, 2.05) is 46.7 Å². The van der Waals surface area contributed by atoms with Crippen molar-refractivity contribution in [1.82, 2.24) is 14.3 Å². The highest BCUT2D eigenvalue weighted by atomic mass is 16.4. The highest BCUT2D eigenvalue weighted by Crippen LogP contribution is 2.24. The number of hydrogen-bond acceptors (Lipinski definition) is 3. The van der Waals surface area contributed by atoms with Crippen LogP contribution in [0.5, 0.6) is 0 Å². The topological polar surface area (TPSA) is 74.9 Å². The number of carbonyl (C=O) groups excluding carboxylic acids is 1. The number of carbonyl (C=O) groups is 2. The van der Waals surface area contributed by atoms with Crippen molar-refractivity contribution in [3.05, 3.63) is 71.2 Å². The minimum absolute atomic E-state index is 0.00740. The van der Waals surface area contributed by atoms with Crippen LogP contribution in [0, 0.1) is 12.8 Å². The summed E-state index contributed by atoms with van der Waals surface area (Å²) in [7, 11) is 0. The van der Waals surface area contributed by atoms with Crippen LogP contribution in [0.15, 0.2) is 48.7 Å². The molecule has 2 aromatic heterocycles. The van der Waals surface area contributed by atoms with E-state index in [2.05, 4.69) is 4.98 Å². The molecule has 0 aliphatic carbocycles. The number of pyridine rings is 1. The minimum atomic E-state index is -0.914. The van der Waals surface area contributed by atoms with Gasteiger partial charge in [-0.05, 0) is 55.5 Å². The molecule has 0 bridgehead atoms. The number of rotatable bonds is 4. The molecule has 1 unspecified atom stereocenters. The Labute approximate surface area is 157 Å². The van der Waals surface area contributed by atoms with Crippen LogP contribution >= 0.6 is 0 Å². The summed E-state index contributed by atoms with van der Waals surface area (Å²) in [4.78, 5) is 30.6. The number of aryl methyl sites for hydroxylation is 1. The van der Waals surface area contributed by atoms with Crippen molar-refractivity contribution in [3.8, 4) is 0 Å². The molecule has 1 atom stereocenters. The molecule has 0 radical (unpaired) electrons. The Hall–Kier alpha value is -3.15. The maximum absolute atomic E-state index is 13.1. The van der Waals surface area contributed by atoms with E-state index >= 15 is 0 Å². The average Bonchev–Trinajstić information content (AvgIpc) is 3.25. The number of nitrogens with zero attached hydrogens (tertiary/aromatic N) is 3. The van der Waals surface area contributed by atoms with Gasteiger partial charge < -0.3 is 10.0 Å². The maximum atomic E-state index is 13.1. The zero-order chi connectivity index (χ0) is 19.0. The van der Waals surface area contributed by atoms with E-state index in [-0.39, 0.29) is 5.91 Å². The van der Waals surface area contributed by atoms with Crippen molar-refractivity contribution >= 4 is 17.5 Å². The van der Waals surface area contributed by atoms with Gasteiger partial charge in [-0.15, -0.1) is 0 Å². The van der Waals surface area contributed by atoms with Crippen LogP contribution in [0.3, 0.4) is 0 Å². The van der Waals surface area contributed by atoms with Gasteiger partial charge in [-0.25, -0.2) is 9.78 Å². The zero-order valence-electron chi connectivity index (χ0n) is 15.1. The number of hydrogen-bond donors (Lipinski definition) is 1. The Kier molecular flexibility index (Phi) is 4.39. The van der Waals surface area contributed by atoms with E-state index in [1.165, 1.54) is 0 Å². The van der Waals surface area contributed by atoms with E-state index in [1.54, 1.807) is 18.2 Å². The first-order chi connectivity index (χ1) is 13.0. The highest BCUT2D eigenvalue weighted by molar-refractivity contribution is 5.95. The van der Waals surface area contributed by atoms with Gasteiger partial charge in [-0.1, -0.05) is 18.2 Å². The molecule has 1 aliphatic rings. The number of aromatic carboxylic acids is 1. The standard InChI is InChI=1S/C21H21N3O3/c1-14-19(24-9-3-2-7-18(24)22-14)20(25)23-10-8-16(13-23)11-15-5-4-6-17(12-15)21(26)27/h2-7,9,12,16H,8,10-11,13H2,1H3,(H,26,27). The van der Waals surface area contributed by atoms with Crippen LogP contribution in [-0.4, -0.2) is 44.4 Å². The predicted octanol–water partition coefficient (Wildman–Crippen LogP) is 3.05. The van der Waals surface area contributed by atoms with Crippen LogP contribution in [0.2, 0.25) is 0 Å². The van der Waals surface area contributed by atoms with Crippen LogP contribution in [0.1, 0.15) is 38.5 Å². The lowest BCUT2D eigenvalue weighted by molar-refractivity contribution is 0.0696. The van der Waals surface area contributed by atoms with Gasteiger partial charge in [-0.2, -0.15) is 0 Å². The lowest BCUT2D eigenvalue weighted by atomic mass is 9.97. The van der Waals surface area contributed by atoms with Crippen molar-refractivity contribution < 1.29 is 14.7 Å². The van der Waals surface area contributed by atoms with Gasteiger partial charge in [0.1, 0.15) is 11.3 Å². The molecule has 1 fully saturated rings. The molecule has 27 heavy (non-hydrogen) atoms. The van der Waals surface area contributed by atoms with E-state index in [0.29, 0.717) is 30.3 Å². The number of fused-ring (bicyclic) bond motifs is 1. The number of carboxylic acid groups (broad SMARTS) is 1. The first-order valence-corrected chi connectivity index (χ1v) is 9.08. The third kappa shape index (κ3) is 3.30.